The minimum absolute atomic E-state index is 0.104. The topological polar surface area (TPSA) is 25.8 Å². The number of nitrogens with zero attached hydrogens (tertiary/aromatic N) is 2. The average Bonchev–Trinajstić information content (AvgIpc) is 3.51. The van der Waals surface area contributed by atoms with Crippen LogP contribution in [0, 0.1) is 0 Å². The van der Waals surface area contributed by atoms with Crippen LogP contribution in [-0.4, -0.2) is 9.97 Å². The third-order valence-corrected chi connectivity index (χ3v) is 12.1. The van der Waals surface area contributed by atoms with Gasteiger partial charge < -0.3 is 0 Å². The lowest BCUT2D eigenvalue weighted by Gasteiger charge is -2.22. The maximum absolute atomic E-state index is 5.62. The molecule has 0 bridgehead atoms. The second-order valence-electron chi connectivity index (χ2n) is 15.7. The summed E-state index contributed by atoms with van der Waals surface area (Å²) in [6.07, 6.45) is 0. The molecule has 0 N–H and O–H groups in total. The van der Waals surface area contributed by atoms with Gasteiger partial charge >= 0.3 is 0 Å². The van der Waals surface area contributed by atoms with Crippen molar-refractivity contribution >= 4 is 32.3 Å². The van der Waals surface area contributed by atoms with E-state index in [4.69, 9.17) is 9.97 Å². The third-order valence-electron chi connectivity index (χ3n) is 12.1. The molecule has 0 spiro atoms. The standard InChI is InChI=1S/C55H38N2/c1-55(2)48-29-15-14-27-46(48)52-44(28-16-30-49(52)55)41-24-11-13-26-43(41)51-34-50(42-25-12-10-21-38(42)35-17-4-3-5-18-35)56-54(57-51)53-40-23-9-7-20-37(40)33-47-39-22-8-6-19-36(39)31-32-45(47)53/h3-34H,1-2H3. The Morgan fingerprint density at radius 2 is 0.895 bits per heavy atom. The summed E-state index contributed by atoms with van der Waals surface area (Å²) in [6, 6.07) is 70.1. The summed E-state index contributed by atoms with van der Waals surface area (Å²) >= 11 is 0. The van der Waals surface area contributed by atoms with Crippen molar-refractivity contribution in [3.05, 3.63) is 205 Å². The fraction of sp³-hybridized carbons (Fsp3) is 0.0545. The van der Waals surface area contributed by atoms with Crippen LogP contribution in [0.2, 0.25) is 0 Å². The van der Waals surface area contributed by atoms with Gasteiger partial charge in [-0.1, -0.05) is 196 Å². The molecule has 0 radical (unpaired) electrons. The quantitative estimate of drug-likeness (QED) is 0.130. The minimum atomic E-state index is -0.104. The van der Waals surface area contributed by atoms with Crippen LogP contribution in [0.25, 0.3) is 99.6 Å². The zero-order valence-corrected chi connectivity index (χ0v) is 31.9. The maximum atomic E-state index is 5.62. The van der Waals surface area contributed by atoms with Crippen molar-refractivity contribution in [2.75, 3.05) is 0 Å². The van der Waals surface area contributed by atoms with Gasteiger partial charge in [0.05, 0.1) is 11.4 Å². The maximum Gasteiger partial charge on any atom is 0.161 e. The van der Waals surface area contributed by atoms with Crippen molar-refractivity contribution in [2.45, 2.75) is 19.3 Å². The summed E-state index contributed by atoms with van der Waals surface area (Å²) in [5.41, 5.74) is 14.8. The van der Waals surface area contributed by atoms with Crippen molar-refractivity contribution in [3.8, 4) is 67.3 Å². The van der Waals surface area contributed by atoms with Crippen molar-refractivity contribution in [3.63, 3.8) is 0 Å². The number of aromatic nitrogens is 2. The lowest BCUT2D eigenvalue weighted by molar-refractivity contribution is 0.660. The summed E-state index contributed by atoms with van der Waals surface area (Å²) < 4.78 is 0. The average molecular weight is 727 g/mol. The first-order valence-corrected chi connectivity index (χ1v) is 19.8. The fourth-order valence-corrected chi connectivity index (χ4v) is 9.39. The van der Waals surface area contributed by atoms with E-state index in [-0.39, 0.29) is 5.41 Å². The van der Waals surface area contributed by atoms with Gasteiger partial charge in [-0.3, -0.25) is 0 Å². The van der Waals surface area contributed by atoms with Gasteiger partial charge in [0.15, 0.2) is 5.82 Å². The van der Waals surface area contributed by atoms with Crippen LogP contribution in [0.3, 0.4) is 0 Å². The lowest BCUT2D eigenvalue weighted by Crippen LogP contribution is -2.14. The monoisotopic (exact) mass is 726 g/mol. The summed E-state index contributed by atoms with van der Waals surface area (Å²) in [5.74, 6) is 0.710. The Kier molecular flexibility index (Phi) is 7.55. The van der Waals surface area contributed by atoms with Gasteiger partial charge in [0, 0.05) is 22.1 Å². The van der Waals surface area contributed by atoms with Gasteiger partial charge in [0.2, 0.25) is 0 Å². The van der Waals surface area contributed by atoms with Gasteiger partial charge in [-0.2, -0.15) is 0 Å². The Morgan fingerprint density at radius 1 is 0.333 bits per heavy atom. The molecule has 0 saturated heterocycles. The number of hydrogen-bond donors (Lipinski definition) is 0. The third kappa shape index (κ3) is 5.25. The van der Waals surface area contributed by atoms with Gasteiger partial charge in [0.1, 0.15) is 0 Å². The number of fused-ring (bicyclic) bond motifs is 7. The van der Waals surface area contributed by atoms with Crippen LogP contribution < -0.4 is 0 Å². The van der Waals surface area contributed by atoms with Crippen molar-refractivity contribution < 1.29 is 0 Å². The Bertz CT molecular complexity index is 3210. The highest BCUT2D eigenvalue weighted by atomic mass is 14.9. The minimum Gasteiger partial charge on any atom is -0.228 e. The summed E-state index contributed by atoms with van der Waals surface area (Å²) in [7, 11) is 0. The first-order valence-electron chi connectivity index (χ1n) is 19.8. The number of hydrogen-bond acceptors (Lipinski definition) is 2. The van der Waals surface area contributed by atoms with Crippen molar-refractivity contribution in [1.82, 2.24) is 9.97 Å². The molecular formula is C55H38N2. The van der Waals surface area contributed by atoms with Gasteiger partial charge in [-0.05, 0) is 89.0 Å². The molecular weight excluding hydrogens is 689 g/mol. The molecule has 268 valence electrons. The second kappa shape index (κ2) is 13.0. The van der Waals surface area contributed by atoms with E-state index >= 15 is 0 Å². The van der Waals surface area contributed by atoms with Gasteiger partial charge in [-0.25, -0.2) is 9.97 Å². The van der Waals surface area contributed by atoms with Crippen LogP contribution in [-0.2, 0) is 5.41 Å². The molecule has 0 aliphatic heterocycles. The molecule has 1 aromatic heterocycles. The molecule has 11 rings (SSSR count). The molecule has 1 heterocycles. The van der Waals surface area contributed by atoms with Gasteiger partial charge in [-0.15, -0.1) is 0 Å². The molecule has 10 aromatic rings. The fourth-order valence-electron chi connectivity index (χ4n) is 9.39. The summed E-state index contributed by atoms with van der Waals surface area (Å²) in [6.45, 7) is 4.69. The Balaban J connectivity index is 1.23. The molecule has 1 aliphatic carbocycles. The molecule has 0 unspecified atom stereocenters. The van der Waals surface area contributed by atoms with Crippen molar-refractivity contribution in [2.24, 2.45) is 0 Å². The molecule has 57 heavy (non-hydrogen) atoms. The van der Waals surface area contributed by atoms with E-state index in [1.165, 1.54) is 44.0 Å². The van der Waals surface area contributed by atoms with E-state index in [9.17, 15) is 0 Å². The lowest BCUT2D eigenvalue weighted by atomic mass is 9.81. The smallest absolute Gasteiger partial charge is 0.161 e. The molecule has 0 amide bonds. The highest BCUT2D eigenvalue weighted by molar-refractivity contribution is 6.19. The first-order chi connectivity index (χ1) is 28.0. The van der Waals surface area contributed by atoms with Crippen LogP contribution in [0.15, 0.2) is 194 Å². The largest absolute Gasteiger partial charge is 0.228 e. The molecule has 2 nitrogen and oxygen atoms in total. The van der Waals surface area contributed by atoms with Crippen LogP contribution in [0.5, 0.6) is 0 Å². The zero-order chi connectivity index (χ0) is 38.1. The number of rotatable bonds is 5. The predicted molar refractivity (Wildman–Crippen MR) is 239 cm³/mol. The molecule has 0 atom stereocenters. The summed E-state index contributed by atoms with van der Waals surface area (Å²) in [4.78, 5) is 11.2. The second-order valence-corrected chi connectivity index (χ2v) is 15.7. The van der Waals surface area contributed by atoms with E-state index in [1.54, 1.807) is 0 Å². The molecule has 0 saturated carbocycles. The zero-order valence-electron chi connectivity index (χ0n) is 31.9. The van der Waals surface area contributed by atoms with Crippen LogP contribution in [0.1, 0.15) is 25.0 Å². The molecule has 2 heteroatoms. The predicted octanol–water partition coefficient (Wildman–Crippen LogP) is 14.6. The van der Waals surface area contributed by atoms with E-state index in [1.807, 2.05) is 0 Å². The Labute approximate surface area is 332 Å². The van der Waals surface area contributed by atoms with Crippen LogP contribution >= 0.6 is 0 Å². The van der Waals surface area contributed by atoms with E-state index in [0.717, 1.165) is 60.9 Å². The SMILES string of the molecule is CC1(C)c2ccccc2-c2c(-c3ccccc3-c3cc(-c4ccccc4-c4ccccc4)nc(-c4c5ccccc5cc5c4ccc4ccccc45)n3)cccc21. The first kappa shape index (κ1) is 33.2. The van der Waals surface area contributed by atoms with E-state index in [0.29, 0.717) is 5.82 Å². The van der Waals surface area contributed by atoms with E-state index in [2.05, 4.69) is 208 Å². The van der Waals surface area contributed by atoms with Gasteiger partial charge in [0.25, 0.3) is 0 Å². The molecule has 1 aliphatic rings. The normalized spacial score (nSPS) is 12.9. The van der Waals surface area contributed by atoms with E-state index < -0.39 is 0 Å². The van der Waals surface area contributed by atoms with Crippen molar-refractivity contribution in [1.29, 1.82) is 0 Å². The molecule has 0 fully saturated rings. The summed E-state index contributed by atoms with van der Waals surface area (Å²) in [5, 5.41) is 7.07. The number of benzene rings is 9. The Morgan fingerprint density at radius 3 is 1.67 bits per heavy atom. The van der Waals surface area contributed by atoms with Crippen LogP contribution in [0.4, 0.5) is 0 Å². The molecule has 9 aromatic carbocycles. The Hall–Kier alpha value is -7.16. The highest BCUT2D eigenvalue weighted by Crippen LogP contribution is 2.53. The highest BCUT2D eigenvalue weighted by Gasteiger charge is 2.36.